The molecular weight excluding hydrogens is 240 g/mol. The third-order valence-electron chi connectivity index (χ3n) is 1.77. The molecule has 1 aromatic carbocycles. The first-order chi connectivity index (χ1) is 7.04. The van der Waals surface area contributed by atoms with Crippen LogP contribution < -0.4 is 14.0 Å². The van der Waals surface area contributed by atoms with Crippen LogP contribution in [0.2, 0.25) is 0 Å². The van der Waals surface area contributed by atoms with E-state index in [2.05, 4.69) is 3.74 Å². The molecule has 0 aromatic heterocycles. The van der Waals surface area contributed by atoms with E-state index in [1.54, 1.807) is 16.9 Å². The van der Waals surface area contributed by atoms with E-state index >= 15 is 0 Å². The highest BCUT2D eigenvalue weighted by Crippen LogP contribution is 2.27. The van der Waals surface area contributed by atoms with Gasteiger partial charge in [-0.05, 0) is 17.2 Å². The van der Waals surface area contributed by atoms with Gasteiger partial charge >= 0.3 is 0 Å². The third-order valence-corrected chi connectivity index (χ3v) is 3.86. The maximum Gasteiger partial charge on any atom is 0.140 e. The predicted molar refractivity (Wildman–Crippen MR) is 49.3 cm³/mol. The Hall–Kier alpha value is -0.690. The van der Waals surface area contributed by atoms with Crippen LogP contribution in [-0.4, -0.2) is 5.37 Å². The summed E-state index contributed by atoms with van der Waals surface area (Å²) in [5, 5.41) is 3.16. The fourth-order valence-electron chi connectivity index (χ4n) is 1.20. The van der Waals surface area contributed by atoms with Crippen molar-refractivity contribution in [3.8, 4) is 0 Å². The first-order valence-corrected chi connectivity index (χ1v) is 6.50. The van der Waals surface area contributed by atoms with Crippen molar-refractivity contribution in [2.75, 3.05) is 0 Å². The highest BCUT2D eigenvalue weighted by Gasteiger charge is 2.21. The van der Waals surface area contributed by atoms with Crippen LogP contribution in [0.1, 0.15) is 11.1 Å². The number of hydrogen-bond donors (Lipinski definition) is 0. The molecule has 4 nitrogen and oxygen atoms in total. The molecule has 2 rings (SSSR count). The summed E-state index contributed by atoms with van der Waals surface area (Å²) >= 11 is 0. The number of benzene rings is 1. The molecule has 0 aliphatic carbocycles. The van der Waals surface area contributed by atoms with Crippen molar-refractivity contribution in [3.63, 3.8) is 0 Å². The number of hydrogen-bond acceptors (Lipinski definition) is 4. The summed E-state index contributed by atoms with van der Waals surface area (Å²) in [6.45, 7) is 0. The van der Waals surface area contributed by atoms with E-state index in [0.717, 1.165) is 11.1 Å². The maximum atomic E-state index is 10.4. The molecule has 0 bridgehead atoms. The van der Waals surface area contributed by atoms with Crippen molar-refractivity contribution in [3.05, 3.63) is 40.8 Å². The molecule has 1 aliphatic rings. The molecule has 0 saturated carbocycles. The second-order valence-corrected chi connectivity index (χ2v) is 5.24. The molecule has 6 heteroatoms. The molecule has 0 amide bonds. The molecule has 1 atom stereocenters. The van der Waals surface area contributed by atoms with Crippen molar-refractivity contribution in [2.45, 2.75) is 0 Å². The summed E-state index contributed by atoms with van der Waals surface area (Å²) in [5.41, 5.74) is 1.84. The van der Waals surface area contributed by atoms with E-state index < -0.39 is 21.0 Å². The lowest BCUT2D eigenvalue weighted by Gasteiger charge is -2.14. The summed E-state index contributed by atoms with van der Waals surface area (Å²) in [6, 6.07) is 7.44. The summed E-state index contributed by atoms with van der Waals surface area (Å²) in [4.78, 5) is 0. The van der Waals surface area contributed by atoms with Gasteiger partial charge in [-0.15, -0.1) is 0 Å². The average Bonchev–Trinajstić information content (AvgIpc) is 2.15. The average molecular weight is 247 g/mol. The Balaban J connectivity index is 2.27. The molecule has 15 heavy (non-hydrogen) atoms. The molecule has 1 unspecified atom stereocenters. The fraction of sp³-hybridized carbons (Fsp3) is 0. The predicted octanol–water partition coefficient (Wildman–Crippen LogP) is -1.08. The van der Waals surface area contributed by atoms with Crippen LogP contribution in [0.15, 0.2) is 29.7 Å². The molecule has 0 N–H and O–H groups in total. The van der Waals surface area contributed by atoms with Gasteiger partial charge < -0.3 is 0 Å². The van der Waals surface area contributed by atoms with Gasteiger partial charge in [0.25, 0.3) is 0 Å². The van der Waals surface area contributed by atoms with Crippen LogP contribution in [0.4, 0.5) is 0 Å². The zero-order valence-corrected chi connectivity index (χ0v) is 9.03. The Bertz CT molecular complexity index is 436. The van der Waals surface area contributed by atoms with E-state index in [4.69, 9.17) is 0 Å². The first kappa shape index (κ1) is 10.8. The minimum absolute atomic E-state index is 0.863. The first-order valence-electron chi connectivity index (χ1n) is 3.99. The van der Waals surface area contributed by atoms with E-state index in [0.29, 0.717) is 0 Å². The third kappa shape index (κ3) is 2.88. The van der Waals surface area contributed by atoms with Crippen molar-refractivity contribution in [1.82, 2.24) is 0 Å². The standard InChI is InChI=1S/C9H7ClO4S/c11-10(12,13)14-15-6-5-8-3-1-2-4-9(8)7-15/h1-7H. The molecule has 0 radical (unpaired) electrons. The maximum absolute atomic E-state index is 10.4. The zero-order chi connectivity index (χ0) is 10.9. The van der Waals surface area contributed by atoms with Gasteiger partial charge in [0.2, 0.25) is 0 Å². The van der Waals surface area contributed by atoms with Gasteiger partial charge in [-0.3, -0.25) is 0 Å². The van der Waals surface area contributed by atoms with Crippen LogP contribution in [0.3, 0.4) is 0 Å². The quantitative estimate of drug-likeness (QED) is 0.622. The Kier molecular flexibility index (Phi) is 2.92. The van der Waals surface area contributed by atoms with Crippen molar-refractivity contribution in [2.24, 2.45) is 0 Å². The van der Waals surface area contributed by atoms with Gasteiger partial charge in [0.05, 0.1) is 10.2 Å². The van der Waals surface area contributed by atoms with Gasteiger partial charge in [0.1, 0.15) is 14.5 Å². The molecule has 1 aliphatic heterocycles. The van der Waals surface area contributed by atoms with Gasteiger partial charge in [0, 0.05) is 10.8 Å². The van der Waals surface area contributed by atoms with Crippen LogP contribution in [0.25, 0.3) is 6.08 Å². The molecule has 0 fully saturated rings. The minimum Gasteiger partial charge on any atom is -0.182 e. The Morgan fingerprint density at radius 2 is 1.73 bits per heavy atom. The van der Waals surface area contributed by atoms with E-state index in [9.17, 15) is 14.0 Å². The van der Waals surface area contributed by atoms with Crippen molar-refractivity contribution < 1.29 is 28.0 Å². The lowest BCUT2D eigenvalue weighted by molar-refractivity contribution is -1.91. The lowest BCUT2D eigenvalue weighted by Crippen LogP contribution is -2.60. The zero-order valence-electron chi connectivity index (χ0n) is 7.46. The molecule has 80 valence electrons. The molecule has 0 spiro atoms. The fourth-order valence-corrected chi connectivity index (χ4v) is 3.05. The second kappa shape index (κ2) is 4.05. The number of halogens is 1. The van der Waals surface area contributed by atoms with Gasteiger partial charge in [-0.25, -0.2) is 0 Å². The van der Waals surface area contributed by atoms with Crippen LogP contribution in [0.5, 0.6) is 0 Å². The number of fused-ring (bicyclic) bond motifs is 1. The minimum atomic E-state index is -4.38. The van der Waals surface area contributed by atoms with Crippen molar-refractivity contribution >= 4 is 22.2 Å². The van der Waals surface area contributed by atoms with Crippen LogP contribution >= 0.6 is 10.8 Å². The smallest absolute Gasteiger partial charge is 0.140 e. The highest BCUT2D eigenvalue weighted by atomic mass is 35.7. The normalized spacial score (nSPS) is 19.5. The lowest BCUT2D eigenvalue weighted by atomic mass is 10.1. The Morgan fingerprint density at radius 1 is 1.07 bits per heavy atom. The monoisotopic (exact) mass is 246 g/mol. The van der Waals surface area contributed by atoms with Gasteiger partial charge in [0.15, 0.2) is 0 Å². The summed E-state index contributed by atoms with van der Waals surface area (Å²) in [5.74, 6) is 0. The molecule has 1 heterocycles. The van der Waals surface area contributed by atoms with Crippen LogP contribution in [0, 0.1) is 10.2 Å². The summed E-state index contributed by atoms with van der Waals surface area (Å²) in [7, 11) is -5.47. The second-order valence-electron chi connectivity index (χ2n) is 2.82. The van der Waals surface area contributed by atoms with E-state index in [-0.39, 0.29) is 0 Å². The van der Waals surface area contributed by atoms with Gasteiger partial charge in [-0.2, -0.15) is 14.0 Å². The van der Waals surface area contributed by atoms with E-state index in [1.165, 1.54) is 0 Å². The number of rotatable bonds is 2. The largest absolute Gasteiger partial charge is 0.182 e. The molecule has 0 saturated heterocycles. The topological polar surface area (TPSA) is 78.4 Å². The SMILES string of the molecule is [O-][Cl+3]([O-])([O-])OS1=Cc2ccccc2C=C1. The van der Waals surface area contributed by atoms with Crippen LogP contribution in [-0.2, 0) is 3.74 Å². The summed E-state index contributed by atoms with van der Waals surface area (Å²) < 4.78 is 35.4. The molecule has 1 aromatic rings. The Morgan fingerprint density at radius 3 is 2.40 bits per heavy atom. The Labute approximate surface area is 91.3 Å². The van der Waals surface area contributed by atoms with Crippen molar-refractivity contribution in [1.29, 1.82) is 0 Å². The summed E-state index contributed by atoms with van der Waals surface area (Å²) in [6.07, 6.45) is 1.74. The molecular formula is C9H7ClO4S. The highest BCUT2D eigenvalue weighted by molar-refractivity contribution is 8.13. The van der Waals surface area contributed by atoms with Gasteiger partial charge in [-0.1, -0.05) is 24.3 Å². The van der Waals surface area contributed by atoms with E-state index in [1.807, 2.05) is 24.3 Å².